The second kappa shape index (κ2) is 7.02. The number of aromatic amines is 1. The van der Waals surface area contributed by atoms with Gasteiger partial charge in [0.25, 0.3) is 5.56 Å². The van der Waals surface area contributed by atoms with Crippen LogP contribution in [0.25, 0.3) is 0 Å². The highest BCUT2D eigenvalue weighted by molar-refractivity contribution is 5.63. The molecule has 1 aromatic rings. The molecule has 0 aliphatic carbocycles. The third-order valence-corrected chi connectivity index (χ3v) is 2.95. The van der Waals surface area contributed by atoms with Gasteiger partial charge in [-0.05, 0) is 11.8 Å². The van der Waals surface area contributed by atoms with Gasteiger partial charge in [0.15, 0.2) is 0 Å². The summed E-state index contributed by atoms with van der Waals surface area (Å²) in [7, 11) is 0. The van der Waals surface area contributed by atoms with Crippen molar-refractivity contribution in [2.75, 3.05) is 23.7 Å². The first-order valence-electron chi connectivity index (χ1n) is 7.08. The average Bonchev–Trinajstić information content (AvgIpc) is 2.33. The fourth-order valence-electron chi connectivity index (χ4n) is 2.22. The number of nitrogens with one attached hydrogen (secondary N) is 1. The fraction of sp³-hybridized carbons (Fsp3) is 0.600. The lowest BCUT2D eigenvalue weighted by atomic mass is 10.2. The van der Waals surface area contributed by atoms with Crippen molar-refractivity contribution in [1.82, 2.24) is 9.55 Å². The number of aromatic nitrogens is 2. The lowest BCUT2D eigenvalue weighted by Gasteiger charge is -2.26. The summed E-state index contributed by atoms with van der Waals surface area (Å²) in [5.74, 6) is 3.24. The second-order valence-corrected chi connectivity index (χ2v) is 5.98. The SMILES string of the molecule is C#CCN(CC(C)C)c1c(N)n(CC(C)C)c(=O)[nH]c1=O. The number of H-pyrrole nitrogens is 1. The maximum atomic E-state index is 12.1. The average molecular weight is 292 g/mol. The van der Waals surface area contributed by atoms with Crippen molar-refractivity contribution in [1.29, 1.82) is 0 Å². The first-order valence-corrected chi connectivity index (χ1v) is 7.08. The van der Waals surface area contributed by atoms with Gasteiger partial charge in [-0.1, -0.05) is 33.6 Å². The molecule has 1 rings (SSSR count). The number of anilines is 2. The molecule has 6 heteroatoms. The molecular weight excluding hydrogens is 268 g/mol. The fourth-order valence-corrected chi connectivity index (χ4v) is 2.22. The molecule has 0 aromatic carbocycles. The molecule has 0 radical (unpaired) electrons. The van der Waals surface area contributed by atoms with E-state index in [2.05, 4.69) is 10.9 Å². The van der Waals surface area contributed by atoms with Gasteiger partial charge in [0.2, 0.25) is 0 Å². The molecule has 0 amide bonds. The molecule has 116 valence electrons. The summed E-state index contributed by atoms with van der Waals surface area (Å²) in [6, 6.07) is 0. The molecule has 1 heterocycles. The van der Waals surface area contributed by atoms with E-state index in [9.17, 15) is 9.59 Å². The van der Waals surface area contributed by atoms with Crippen LogP contribution in [0, 0.1) is 24.2 Å². The zero-order valence-electron chi connectivity index (χ0n) is 13.1. The van der Waals surface area contributed by atoms with Crippen molar-refractivity contribution in [3.05, 3.63) is 20.8 Å². The van der Waals surface area contributed by atoms with Gasteiger partial charge in [-0.15, -0.1) is 6.42 Å². The second-order valence-electron chi connectivity index (χ2n) is 5.98. The van der Waals surface area contributed by atoms with Crippen LogP contribution in [0.3, 0.4) is 0 Å². The molecule has 0 saturated heterocycles. The Morgan fingerprint density at radius 1 is 1.29 bits per heavy atom. The van der Waals surface area contributed by atoms with Crippen LogP contribution >= 0.6 is 0 Å². The highest BCUT2D eigenvalue weighted by atomic mass is 16.2. The Labute approximate surface area is 125 Å². The standard InChI is InChI=1S/C15H24N4O2/c1-6-7-18(8-10(2)3)12-13(16)19(9-11(4)5)15(21)17-14(12)20/h1,10-11H,7-9,16H2,2-5H3,(H,17,20,21). The van der Waals surface area contributed by atoms with E-state index in [4.69, 9.17) is 12.2 Å². The van der Waals surface area contributed by atoms with E-state index < -0.39 is 11.2 Å². The summed E-state index contributed by atoms with van der Waals surface area (Å²) >= 11 is 0. The monoisotopic (exact) mass is 292 g/mol. The molecule has 0 unspecified atom stereocenters. The van der Waals surface area contributed by atoms with Gasteiger partial charge in [0, 0.05) is 13.1 Å². The lowest BCUT2D eigenvalue weighted by molar-refractivity contribution is 0.506. The highest BCUT2D eigenvalue weighted by Crippen LogP contribution is 2.18. The Morgan fingerprint density at radius 2 is 1.90 bits per heavy atom. The van der Waals surface area contributed by atoms with Gasteiger partial charge in [-0.25, -0.2) is 4.79 Å². The van der Waals surface area contributed by atoms with E-state index in [0.29, 0.717) is 19.0 Å². The maximum absolute atomic E-state index is 12.1. The molecule has 3 N–H and O–H groups in total. The first-order chi connectivity index (χ1) is 9.77. The molecule has 0 aliphatic rings. The van der Waals surface area contributed by atoms with Gasteiger partial charge in [0.05, 0.1) is 6.54 Å². The number of hydrogen-bond donors (Lipinski definition) is 2. The topological polar surface area (TPSA) is 84.1 Å². The summed E-state index contributed by atoms with van der Waals surface area (Å²) in [5.41, 5.74) is 5.37. The number of hydrogen-bond acceptors (Lipinski definition) is 4. The smallest absolute Gasteiger partial charge is 0.330 e. The number of rotatable bonds is 6. The molecule has 6 nitrogen and oxygen atoms in total. The van der Waals surface area contributed by atoms with Gasteiger partial charge in [-0.3, -0.25) is 14.3 Å². The van der Waals surface area contributed by atoms with Crippen LogP contribution in [0.15, 0.2) is 9.59 Å². The highest BCUT2D eigenvalue weighted by Gasteiger charge is 2.19. The Kier molecular flexibility index (Phi) is 5.65. The number of nitrogens with zero attached hydrogens (tertiary/aromatic N) is 2. The Morgan fingerprint density at radius 3 is 2.38 bits per heavy atom. The van der Waals surface area contributed by atoms with E-state index in [1.54, 1.807) is 4.90 Å². The minimum absolute atomic E-state index is 0.174. The van der Waals surface area contributed by atoms with Crippen LogP contribution in [-0.2, 0) is 6.54 Å². The normalized spacial score (nSPS) is 10.9. The minimum atomic E-state index is -0.492. The molecule has 0 aliphatic heterocycles. The van der Waals surface area contributed by atoms with Crippen LogP contribution in [0.2, 0.25) is 0 Å². The van der Waals surface area contributed by atoms with E-state index in [0.717, 1.165) is 0 Å². The molecule has 1 aromatic heterocycles. The maximum Gasteiger partial charge on any atom is 0.330 e. The summed E-state index contributed by atoms with van der Waals surface area (Å²) in [6.45, 7) is 9.31. The summed E-state index contributed by atoms with van der Waals surface area (Å²) < 4.78 is 1.39. The molecule has 0 fully saturated rings. The summed E-state index contributed by atoms with van der Waals surface area (Å²) in [4.78, 5) is 28.1. The Hall–Kier alpha value is -2.16. The predicted octanol–water partition coefficient (Wildman–Crippen LogP) is 0.870. The third kappa shape index (κ3) is 4.15. The quantitative estimate of drug-likeness (QED) is 0.762. The van der Waals surface area contributed by atoms with Crippen LogP contribution in [0.5, 0.6) is 0 Å². The van der Waals surface area contributed by atoms with Crippen molar-refractivity contribution in [3.63, 3.8) is 0 Å². The van der Waals surface area contributed by atoms with Crippen molar-refractivity contribution in [2.24, 2.45) is 11.8 Å². The van der Waals surface area contributed by atoms with Gasteiger partial charge in [-0.2, -0.15) is 0 Å². The largest absolute Gasteiger partial charge is 0.383 e. The van der Waals surface area contributed by atoms with Crippen molar-refractivity contribution < 1.29 is 0 Å². The van der Waals surface area contributed by atoms with Crippen LogP contribution in [0.1, 0.15) is 27.7 Å². The predicted molar refractivity (Wildman–Crippen MR) is 86.5 cm³/mol. The third-order valence-electron chi connectivity index (χ3n) is 2.95. The van der Waals surface area contributed by atoms with Crippen molar-refractivity contribution in [3.8, 4) is 12.3 Å². The van der Waals surface area contributed by atoms with Crippen LogP contribution in [-0.4, -0.2) is 22.6 Å². The summed E-state index contributed by atoms with van der Waals surface area (Å²) in [6.07, 6.45) is 5.38. The van der Waals surface area contributed by atoms with E-state index in [1.807, 2.05) is 27.7 Å². The Balaban J connectivity index is 3.43. The minimum Gasteiger partial charge on any atom is -0.383 e. The molecule has 0 bridgehead atoms. The van der Waals surface area contributed by atoms with E-state index in [-0.39, 0.29) is 24.0 Å². The van der Waals surface area contributed by atoms with E-state index in [1.165, 1.54) is 4.57 Å². The zero-order chi connectivity index (χ0) is 16.2. The molecule has 21 heavy (non-hydrogen) atoms. The molecule has 0 spiro atoms. The zero-order valence-corrected chi connectivity index (χ0v) is 13.1. The van der Waals surface area contributed by atoms with Gasteiger partial charge < -0.3 is 10.6 Å². The number of nitrogens with two attached hydrogens (primary N) is 1. The van der Waals surface area contributed by atoms with Crippen molar-refractivity contribution in [2.45, 2.75) is 34.2 Å². The lowest BCUT2D eigenvalue weighted by Crippen LogP contribution is -2.40. The number of terminal acetylenes is 1. The summed E-state index contributed by atoms with van der Waals surface area (Å²) in [5, 5.41) is 0. The molecule has 0 atom stereocenters. The molecular formula is C15H24N4O2. The number of nitrogen functional groups attached to an aromatic ring is 1. The first kappa shape index (κ1) is 16.9. The van der Waals surface area contributed by atoms with Crippen LogP contribution in [0.4, 0.5) is 11.5 Å². The van der Waals surface area contributed by atoms with Gasteiger partial charge in [0.1, 0.15) is 11.5 Å². The van der Waals surface area contributed by atoms with Gasteiger partial charge >= 0.3 is 5.69 Å². The Bertz CT molecular complexity index is 635. The van der Waals surface area contributed by atoms with Crippen molar-refractivity contribution >= 4 is 11.5 Å². The molecule has 0 saturated carbocycles. The van der Waals surface area contributed by atoms with Crippen LogP contribution < -0.4 is 21.9 Å². The van der Waals surface area contributed by atoms with E-state index >= 15 is 0 Å².